The summed E-state index contributed by atoms with van der Waals surface area (Å²) < 4.78 is 5.52. The summed E-state index contributed by atoms with van der Waals surface area (Å²) in [6, 6.07) is 11.5. The van der Waals surface area contributed by atoms with Gasteiger partial charge in [0.2, 0.25) is 0 Å². The van der Waals surface area contributed by atoms with Gasteiger partial charge in [0.25, 0.3) is 0 Å². The molecule has 0 aliphatic rings. The normalized spacial score (nSPS) is 10.5. The van der Waals surface area contributed by atoms with Gasteiger partial charge in [0.15, 0.2) is 11.5 Å². The first-order valence-corrected chi connectivity index (χ1v) is 5.61. The minimum absolute atomic E-state index is 0.0501. The van der Waals surface area contributed by atoms with Gasteiger partial charge < -0.3 is 10.2 Å². The summed E-state index contributed by atoms with van der Waals surface area (Å²) in [4.78, 5) is 11.6. The van der Waals surface area contributed by atoms with Gasteiger partial charge in [-0.3, -0.25) is 4.79 Å². The Kier molecular flexibility index (Phi) is 3.40. The molecule has 88 valence electrons. The van der Waals surface area contributed by atoms with Crippen LogP contribution in [-0.2, 0) is 0 Å². The summed E-state index contributed by atoms with van der Waals surface area (Å²) in [7, 11) is 0. The maximum absolute atomic E-state index is 11.6. The number of hydrogen-bond donors (Lipinski definition) is 1. The Morgan fingerprint density at radius 3 is 2.53 bits per heavy atom. The minimum Gasteiger partial charge on any atom is -0.453 e. The Bertz CT molecular complexity index is 511. The highest BCUT2D eigenvalue weighted by Crippen LogP contribution is 2.23. The van der Waals surface area contributed by atoms with E-state index in [1.165, 1.54) is 5.56 Å². The third-order valence-corrected chi connectivity index (χ3v) is 2.59. The van der Waals surface area contributed by atoms with E-state index < -0.39 is 0 Å². The van der Waals surface area contributed by atoms with E-state index in [0.29, 0.717) is 24.5 Å². The summed E-state index contributed by atoms with van der Waals surface area (Å²) in [5.74, 6) is 1.04. The molecule has 17 heavy (non-hydrogen) atoms. The van der Waals surface area contributed by atoms with Crippen LogP contribution in [0.4, 0.5) is 0 Å². The number of carbonyl (C=O) groups excluding carboxylic acids is 1. The lowest BCUT2D eigenvalue weighted by Gasteiger charge is -1.98. The van der Waals surface area contributed by atoms with Crippen molar-refractivity contribution in [2.24, 2.45) is 5.73 Å². The van der Waals surface area contributed by atoms with Crippen molar-refractivity contribution >= 4 is 5.78 Å². The van der Waals surface area contributed by atoms with Crippen molar-refractivity contribution in [3.8, 4) is 11.3 Å². The lowest BCUT2D eigenvalue weighted by molar-refractivity contribution is 0.0959. The first kappa shape index (κ1) is 11.6. The third-order valence-electron chi connectivity index (χ3n) is 2.59. The van der Waals surface area contributed by atoms with Crippen molar-refractivity contribution < 1.29 is 9.21 Å². The van der Waals surface area contributed by atoms with Crippen molar-refractivity contribution in [3.05, 3.63) is 47.7 Å². The molecule has 0 saturated heterocycles. The molecule has 1 aromatic heterocycles. The second kappa shape index (κ2) is 4.97. The highest BCUT2D eigenvalue weighted by atomic mass is 16.3. The van der Waals surface area contributed by atoms with Crippen molar-refractivity contribution in [1.29, 1.82) is 0 Å². The SMILES string of the molecule is Cc1ccc(-c2ccc(C(=O)CCN)o2)cc1. The van der Waals surface area contributed by atoms with Gasteiger partial charge in [-0.25, -0.2) is 0 Å². The third kappa shape index (κ3) is 2.63. The fourth-order valence-corrected chi connectivity index (χ4v) is 1.62. The molecule has 1 heterocycles. The average Bonchev–Trinajstić information content (AvgIpc) is 2.80. The largest absolute Gasteiger partial charge is 0.453 e. The summed E-state index contributed by atoms with van der Waals surface area (Å²) in [5.41, 5.74) is 7.51. The fourth-order valence-electron chi connectivity index (χ4n) is 1.62. The second-order valence-corrected chi connectivity index (χ2v) is 3.99. The van der Waals surface area contributed by atoms with E-state index in [1.807, 2.05) is 37.3 Å². The molecule has 0 fully saturated rings. The first-order chi connectivity index (χ1) is 8.20. The summed E-state index contributed by atoms with van der Waals surface area (Å²) in [6.07, 6.45) is 0.320. The molecule has 0 atom stereocenters. The average molecular weight is 229 g/mol. The zero-order chi connectivity index (χ0) is 12.3. The number of Topliss-reactive ketones (excluding diaryl/α,β-unsaturated/α-hetero) is 1. The topological polar surface area (TPSA) is 56.2 Å². The van der Waals surface area contributed by atoms with Gasteiger partial charge in [0, 0.05) is 12.0 Å². The number of aryl methyl sites for hydroxylation is 1. The number of benzene rings is 1. The molecule has 0 radical (unpaired) electrons. The van der Waals surface area contributed by atoms with Crippen LogP contribution in [0.2, 0.25) is 0 Å². The Labute approximate surface area is 100 Å². The molecule has 0 unspecified atom stereocenters. The van der Waals surface area contributed by atoms with E-state index in [4.69, 9.17) is 10.2 Å². The monoisotopic (exact) mass is 229 g/mol. The number of furan rings is 1. The van der Waals surface area contributed by atoms with E-state index in [0.717, 1.165) is 5.56 Å². The van der Waals surface area contributed by atoms with Gasteiger partial charge in [0.1, 0.15) is 5.76 Å². The zero-order valence-electron chi connectivity index (χ0n) is 9.77. The van der Waals surface area contributed by atoms with Crippen LogP contribution >= 0.6 is 0 Å². The van der Waals surface area contributed by atoms with Gasteiger partial charge in [-0.2, -0.15) is 0 Å². The van der Waals surface area contributed by atoms with Crippen LogP contribution in [0.5, 0.6) is 0 Å². The number of carbonyl (C=O) groups is 1. The van der Waals surface area contributed by atoms with Crippen LogP contribution in [0.15, 0.2) is 40.8 Å². The number of ketones is 1. The molecule has 2 aromatic rings. The maximum atomic E-state index is 11.6. The quantitative estimate of drug-likeness (QED) is 0.820. The van der Waals surface area contributed by atoms with E-state index in [2.05, 4.69) is 0 Å². The molecule has 0 bridgehead atoms. The number of rotatable bonds is 4. The van der Waals surface area contributed by atoms with Gasteiger partial charge in [-0.05, 0) is 25.6 Å². The van der Waals surface area contributed by atoms with Crippen molar-refractivity contribution in [3.63, 3.8) is 0 Å². The molecule has 2 N–H and O–H groups in total. The fraction of sp³-hybridized carbons (Fsp3) is 0.214. The van der Waals surface area contributed by atoms with Gasteiger partial charge in [0.05, 0.1) is 0 Å². The maximum Gasteiger partial charge on any atom is 0.199 e. The summed E-state index contributed by atoms with van der Waals surface area (Å²) in [5, 5.41) is 0. The summed E-state index contributed by atoms with van der Waals surface area (Å²) >= 11 is 0. The Hall–Kier alpha value is -1.87. The molecule has 0 saturated carbocycles. The van der Waals surface area contributed by atoms with Crippen LogP contribution in [0.1, 0.15) is 22.5 Å². The predicted octanol–water partition coefficient (Wildman–Crippen LogP) is 2.79. The van der Waals surface area contributed by atoms with Crippen LogP contribution in [0, 0.1) is 6.92 Å². The van der Waals surface area contributed by atoms with Gasteiger partial charge >= 0.3 is 0 Å². The first-order valence-electron chi connectivity index (χ1n) is 5.61. The van der Waals surface area contributed by atoms with Crippen molar-refractivity contribution in [2.45, 2.75) is 13.3 Å². The van der Waals surface area contributed by atoms with Gasteiger partial charge in [-0.15, -0.1) is 0 Å². The van der Waals surface area contributed by atoms with E-state index in [-0.39, 0.29) is 5.78 Å². The molecule has 3 nitrogen and oxygen atoms in total. The lowest BCUT2D eigenvalue weighted by Crippen LogP contribution is -2.06. The standard InChI is InChI=1S/C14H15NO2/c1-10-2-4-11(5-3-10)13-6-7-14(17-13)12(16)8-9-15/h2-7H,8-9,15H2,1H3. The van der Waals surface area contributed by atoms with Crippen LogP contribution in [0.25, 0.3) is 11.3 Å². The van der Waals surface area contributed by atoms with Crippen molar-refractivity contribution in [2.75, 3.05) is 6.54 Å². The van der Waals surface area contributed by atoms with Crippen LogP contribution < -0.4 is 5.73 Å². The number of hydrogen-bond acceptors (Lipinski definition) is 3. The Balaban J connectivity index is 2.23. The minimum atomic E-state index is -0.0501. The molecular formula is C14H15NO2. The van der Waals surface area contributed by atoms with E-state index >= 15 is 0 Å². The molecule has 1 aromatic carbocycles. The molecule has 0 spiro atoms. The zero-order valence-corrected chi connectivity index (χ0v) is 9.77. The molecular weight excluding hydrogens is 214 g/mol. The van der Waals surface area contributed by atoms with E-state index in [9.17, 15) is 4.79 Å². The Morgan fingerprint density at radius 2 is 1.88 bits per heavy atom. The second-order valence-electron chi connectivity index (χ2n) is 3.99. The van der Waals surface area contributed by atoms with E-state index in [1.54, 1.807) is 6.07 Å². The number of nitrogens with two attached hydrogens (primary N) is 1. The molecule has 0 aliphatic heterocycles. The predicted molar refractivity (Wildman–Crippen MR) is 66.9 cm³/mol. The smallest absolute Gasteiger partial charge is 0.199 e. The highest BCUT2D eigenvalue weighted by Gasteiger charge is 2.11. The summed E-state index contributed by atoms with van der Waals surface area (Å²) in [6.45, 7) is 2.38. The molecule has 0 amide bonds. The lowest BCUT2D eigenvalue weighted by atomic mass is 10.1. The van der Waals surface area contributed by atoms with Crippen LogP contribution in [-0.4, -0.2) is 12.3 Å². The van der Waals surface area contributed by atoms with Crippen LogP contribution in [0.3, 0.4) is 0 Å². The highest BCUT2D eigenvalue weighted by molar-refractivity contribution is 5.94. The van der Waals surface area contributed by atoms with Crippen molar-refractivity contribution in [1.82, 2.24) is 0 Å². The Morgan fingerprint density at radius 1 is 1.18 bits per heavy atom. The molecule has 2 rings (SSSR count). The molecule has 0 aliphatic carbocycles. The molecule has 3 heteroatoms. The van der Waals surface area contributed by atoms with Gasteiger partial charge in [-0.1, -0.05) is 29.8 Å².